The van der Waals surface area contributed by atoms with Gasteiger partial charge < -0.3 is 19.4 Å². The fourth-order valence-electron chi connectivity index (χ4n) is 3.05. The van der Waals surface area contributed by atoms with Gasteiger partial charge in [0.05, 0.1) is 24.1 Å². The number of carbonyl (C=O) groups is 2. The first-order valence-electron chi connectivity index (χ1n) is 8.85. The maximum Gasteiger partial charge on any atom is 0.337 e. The number of carboxylic acid groups (broad SMARTS) is 1. The van der Waals surface area contributed by atoms with Gasteiger partial charge in [-0.25, -0.2) is 4.79 Å². The van der Waals surface area contributed by atoms with Crippen molar-refractivity contribution in [2.24, 2.45) is 0 Å². The molecule has 0 spiro atoms. The summed E-state index contributed by atoms with van der Waals surface area (Å²) in [6.45, 7) is 4.37. The highest BCUT2D eigenvalue weighted by Gasteiger charge is 2.16. The number of para-hydroxylation sites is 1. The van der Waals surface area contributed by atoms with Crippen molar-refractivity contribution in [2.45, 2.75) is 20.4 Å². The molecule has 0 aliphatic heterocycles. The lowest BCUT2D eigenvalue weighted by molar-refractivity contribution is -0.112. The number of benzene rings is 1. The Balaban J connectivity index is 1.88. The topological polar surface area (TPSA) is 108 Å². The number of anilines is 1. The van der Waals surface area contributed by atoms with Crippen LogP contribution in [0.2, 0.25) is 0 Å². The second-order valence-corrected chi connectivity index (χ2v) is 6.47. The smallest absolute Gasteiger partial charge is 0.337 e. The molecule has 0 atom stereocenters. The van der Waals surface area contributed by atoms with E-state index in [1.54, 1.807) is 18.4 Å². The van der Waals surface area contributed by atoms with Crippen LogP contribution >= 0.6 is 0 Å². The number of carbonyl (C=O) groups excluding carboxylic acids is 1. The van der Waals surface area contributed by atoms with E-state index in [1.807, 2.05) is 42.7 Å². The zero-order chi connectivity index (χ0) is 21.0. The molecule has 0 radical (unpaired) electrons. The van der Waals surface area contributed by atoms with Crippen LogP contribution in [0.15, 0.2) is 58.7 Å². The highest BCUT2D eigenvalue weighted by Crippen LogP contribution is 2.21. The molecular formula is C22H19N3O4. The summed E-state index contributed by atoms with van der Waals surface area (Å²) in [5, 5.41) is 21.2. The Morgan fingerprint density at radius 1 is 1.24 bits per heavy atom. The van der Waals surface area contributed by atoms with E-state index in [2.05, 4.69) is 5.32 Å². The van der Waals surface area contributed by atoms with Crippen LogP contribution in [-0.2, 0) is 11.3 Å². The molecule has 1 amide bonds. The van der Waals surface area contributed by atoms with Gasteiger partial charge in [-0.1, -0.05) is 12.1 Å². The maximum absolute atomic E-state index is 12.6. The molecule has 0 bridgehead atoms. The maximum atomic E-state index is 12.6. The zero-order valence-corrected chi connectivity index (χ0v) is 16.0. The number of amides is 1. The number of furan rings is 1. The van der Waals surface area contributed by atoms with Crippen molar-refractivity contribution in [1.29, 1.82) is 5.26 Å². The van der Waals surface area contributed by atoms with E-state index in [1.165, 1.54) is 18.2 Å². The van der Waals surface area contributed by atoms with E-state index < -0.39 is 11.9 Å². The third-order valence-electron chi connectivity index (χ3n) is 4.58. The van der Waals surface area contributed by atoms with Gasteiger partial charge in [0, 0.05) is 11.4 Å². The Hall–Kier alpha value is -4.05. The first-order valence-corrected chi connectivity index (χ1v) is 8.85. The van der Waals surface area contributed by atoms with Crippen LogP contribution in [-0.4, -0.2) is 21.6 Å². The van der Waals surface area contributed by atoms with E-state index in [4.69, 9.17) is 4.42 Å². The summed E-state index contributed by atoms with van der Waals surface area (Å²) in [4.78, 5) is 23.9. The van der Waals surface area contributed by atoms with E-state index >= 15 is 0 Å². The molecule has 7 heteroatoms. The van der Waals surface area contributed by atoms with Crippen molar-refractivity contribution in [3.63, 3.8) is 0 Å². The van der Waals surface area contributed by atoms with Gasteiger partial charge >= 0.3 is 5.97 Å². The standard InChI is InChI=1S/C22H19N3O4/c1-14-10-16(15(2)25(14)13-18-6-5-9-29-18)11-17(12-23)21(26)24-20-8-4-3-7-19(20)22(27)28/h3-11H,13H2,1-2H3,(H,24,26)(H,27,28)/b17-11+. The molecule has 0 unspecified atom stereocenters. The van der Waals surface area contributed by atoms with Crippen LogP contribution in [0.3, 0.4) is 0 Å². The van der Waals surface area contributed by atoms with Crippen molar-refractivity contribution < 1.29 is 19.1 Å². The first kappa shape index (κ1) is 19.7. The zero-order valence-electron chi connectivity index (χ0n) is 16.0. The molecule has 7 nitrogen and oxygen atoms in total. The highest BCUT2D eigenvalue weighted by molar-refractivity contribution is 6.11. The van der Waals surface area contributed by atoms with Gasteiger partial charge in [0.15, 0.2) is 0 Å². The Labute approximate surface area is 167 Å². The summed E-state index contributed by atoms with van der Waals surface area (Å²) in [7, 11) is 0. The van der Waals surface area contributed by atoms with Crippen LogP contribution < -0.4 is 5.32 Å². The quantitative estimate of drug-likeness (QED) is 0.489. The molecule has 2 aromatic heterocycles. The Morgan fingerprint density at radius 3 is 2.66 bits per heavy atom. The summed E-state index contributed by atoms with van der Waals surface area (Å²) in [5.74, 6) is -1.03. The predicted octanol–water partition coefficient (Wildman–Crippen LogP) is 3.99. The molecule has 3 rings (SSSR count). The number of aryl methyl sites for hydroxylation is 1. The number of carboxylic acids is 1. The number of hydrogen-bond donors (Lipinski definition) is 2. The lowest BCUT2D eigenvalue weighted by atomic mass is 10.1. The summed E-state index contributed by atoms with van der Waals surface area (Å²) >= 11 is 0. The number of aromatic nitrogens is 1. The third-order valence-corrected chi connectivity index (χ3v) is 4.58. The van der Waals surface area contributed by atoms with Crippen LogP contribution in [0.5, 0.6) is 0 Å². The van der Waals surface area contributed by atoms with Crippen LogP contribution in [0.4, 0.5) is 5.69 Å². The summed E-state index contributed by atoms with van der Waals surface area (Å²) in [6.07, 6.45) is 3.11. The molecule has 2 N–H and O–H groups in total. The van der Waals surface area contributed by atoms with Gasteiger partial charge in [-0.2, -0.15) is 5.26 Å². The van der Waals surface area contributed by atoms with Crippen molar-refractivity contribution in [1.82, 2.24) is 4.57 Å². The number of nitrogens with one attached hydrogen (secondary N) is 1. The fourth-order valence-corrected chi connectivity index (χ4v) is 3.05. The van der Waals surface area contributed by atoms with Gasteiger partial charge in [0.25, 0.3) is 5.91 Å². The van der Waals surface area contributed by atoms with Crippen LogP contribution in [0, 0.1) is 25.2 Å². The second kappa shape index (κ2) is 8.31. The minimum atomic E-state index is -1.16. The molecular weight excluding hydrogens is 370 g/mol. The van der Waals surface area contributed by atoms with Crippen molar-refractivity contribution in [3.8, 4) is 6.07 Å². The monoisotopic (exact) mass is 389 g/mol. The molecule has 29 heavy (non-hydrogen) atoms. The molecule has 146 valence electrons. The fraction of sp³-hybridized carbons (Fsp3) is 0.136. The van der Waals surface area contributed by atoms with Gasteiger partial charge in [-0.3, -0.25) is 4.79 Å². The SMILES string of the molecule is Cc1cc(/C=C(\C#N)C(=O)Nc2ccccc2C(=O)O)c(C)n1Cc1ccco1. The minimum absolute atomic E-state index is 0.0465. The van der Waals surface area contributed by atoms with Crippen LogP contribution in [0.1, 0.15) is 33.1 Å². The highest BCUT2D eigenvalue weighted by atomic mass is 16.4. The molecule has 0 aliphatic rings. The minimum Gasteiger partial charge on any atom is -0.478 e. The van der Waals surface area contributed by atoms with Gasteiger partial charge in [-0.15, -0.1) is 0 Å². The third kappa shape index (κ3) is 4.28. The summed E-state index contributed by atoms with van der Waals surface area (Å²) in [6, 6.07) is 13.5. The van der Waals surface area contributed by atoms with E-state index in [-0.39, 0.29) is 16.8 Å². The largest absolute Gasteiger partial charge is 0.478 e. The Kier molecular flexibility index (Phi) is 5.65. The molecule has 3 aromatic rings. The van der Waals surface area contributed by atoms with E-state index in [9.17, 15) is 20.0 Å². The molecule has 0 saturated carbocycles. The van der Waals surface area contributed by atoms with Gasteiger partial charge in [0.2, 0.25) is 0 Å². The Bertz CT molecular complexity index is 1130. The lowest BCUT2D eigenvalue weighted by Gasteiger charge is -2.08. The average Bonchev–Trinajstić information content (AvgIpc) is 3.30. The summed E-state index contributed by atoms with van der Waals surface area (Å²) in [5.41, 5.74) is 2.53. The van der Waals surface area contributed by atoms with Crippen molar-refractivity contribution >= 4 is 23.6 Å². The van der Waals surface area contributed by atoms with E-state index in [0.29, 0.717) is 6.54 Å². The number of hydrogen-bond acceptors (Lipinski definition) is 4. The lowest BCUT2D eigenvalue weighted by Crippen LogP contribution is -2.16. The molecule has 0 aliphatic carbocycles. The molecule has 1 aromatic carbocycles. The van der Waals surface area contributed by atoms with Gasteiger partial charge in [0.1, 0.15) is 17.4 Å². The molecule has 2 heterocycles. The number of nitriles is 1. The average molecular weight is 389 g/mol. The molecule has 0 fully saturated rings. The molecule has 0 saturated heterocycles. The normalized spacial score (nSPS) is 11.1. The van der Waals surface area contributed by atoms with Gasteiger partial charge in [-0.05, 0) is 55.8 Å². The number of nitrogens with zero attached hydrogens (tertiary/aromatic N) is 2. The van der Waals surface area contributed by atoms with Crippen LogP contribution in [0.25, 0.3) is 6.08 Å². The number of aromatic carboxylic acids is 1. The first-order chi connectivity index (χ1) is 13.9. The van der Waals surface area contributed by atoms with Crippen molar-refractivity contribution in [2.75, 3.05) is 5.32 Å². The van der Waals surface area contributed by atoms with E-state index in [0.717, 1.165) is 22.7 Å². The summed E-state index contributed by atoms with van der Waals surface area (Å²) < 4.78 is 7.42. The second-order valence-electron chi connectivity index (χ2n) is 6.47. The predicted molar refractivity (Wildman–Crippen MR) is 107 cm³/mol. The number of rotatable bonds is 6. The Morgan fingerprint density at radius 2 is 2.00 bits per heavy atom. The van der Waals surface area contributed by atoms with Crippen molar-refractivity contribution in [3.05, 3.63) is 82.6 Å².